The zero-order valence-corrected chi connectivity index (χ0v) is 47.3. The fourth-order valence-corrected chi connectivity index (χ4v) is 10.6. The van der Waals surface area contributed by atoms with Gasteiger partial charge in [-0.3, -0.25) is 43.3 Å². The molecule has 8 rings (SSSR count). The first-order valence-corrected chi connectivity index (χ1v) is 28.2. The second-order valence-corrected chi connectivity index (χ2v) is 22.5. The number of amides is 4. The van der Waals surface area contributed by atoms with Gasteiger partial charge in [0.1, 0.15) is 34.4 Å². The number of aliphatic hydroxyl groups excluding tert-OH is 1. The second kappa shape index (κ2) is 30.9. The number of rotatable bonds is 29. The molecule has 4 aromatic rings. The third-order valence-corrected chi connectivity index (χ3v) is 15.9. The number of epoxide rings is 2. The maximum absolute atomic E-state index is 13.7. The first-order chi connectivity index (χ1) is 38.8. The van der Waals surface area contributed by atoms with Crippen molar-refractivity contribution < 1.29 is 66.9 Å². The van der Waals surface area contributed by atoms with Crippen LogP contribution in [-0.4, -0.2) is 131 Å². The zero-order chi connectivity index (χ0) is 58.3. The van der Waals surface area contributed by atoms with Gasteiger partial charge in [0.2, 0.25) is 17.6 Å². The number of aromatic nitrogens is 2. The van der Waals surface area contributed by atoms with Gasteiger partial charge in [-0.05, 0) is 113 Å². The smallest absolute Gasteiger partial charge is 0.290 e. The number of carbonyl (C=O) groups is 8. The number of aryl methyl sites for hydroxylation is 1. The monoisotopic (exact) mass is 1150 g/mol. The van der Waals surface area contributed by atoms with E-state index in [1.165, 1.54) is 12.3 Å². The van der Waals surface area contributed by atoms with Gasteiger partial charge in [-0.1, -0.05) is 102 Å². The summed E-state index contributed by atoms with van der Waals surface area (Å²) in [6.07, 6.45) is 11.3. The zero-order valence-electron chi connectivity index (χ0n) is 47.3. The van der Waals surface area contributed by atoms with Crippen LogP contribution in [0.15, 0.2) is 83.5 Å². The molecule has 4 aliphatic rings. The number of nitrogens with zero attached hydrogens (tertiary/aromatic N) is 2. The highest BCUT2D eigenvalue weighted by molar-refractivity contribution is 6.00. The number of aliphatic hydroxyl groups is 1. The number of methoxy groups -OCH3 is 2. The molecule has 20 nitrogen and oxygen atoms in total. The third kappa shape index (κ3) is 19.2. The summed E-state index contributed by atoms with van der Waals surface area (Å²) in [7, 11) is 3.13. The second-order valence-electron chi connectivity index (χ2n) is 22.5. The summed E-state index contributed by atoms with van der Waals surface area (Å²) in [5, 5.41) is 24.7. The van der Waals surface area contributed by atoms with Crippen molar-refractivity contribution in [3.8, 4) is 11.5 Å². The van der Waals surface area contributed by atoms with Crippen LogP contribution < -0.4 is 30.7 Å². The lowest BCUT2D eigenvalue weighted by atomic mass is 9.88. The molecule has 0 spiro atoms. The van der Waals surface area contributed by atoms with Crippen LogP contribution in [0.2, 0.25) is 0 Å². The number of ketones is 4. The predicted octanol–water partition coefficient (Wildman–Crippen LogP) is 7.05. The highest BCUT2D eigenvalue weighted by atomic mass is 16.6. The number of hydrogen-bond donors (Lipinski definition) is 5. The minimum atomic E-state index is -1.26. The van der Waals surface area contributed by atoms with E-state index in [0.717, 1.165) is 62.5 Å². The summed E-state index contributed by atoms with van der Waals surface area (Å²) in [6, 6.07) is 17.4. The summed E-state index contributed by atoms with van der Waals surface area (Å²) in [6.45, 7) is 6.75. The summed E-state index contributed by atoms with van der Waals surface area (Å²) < 4.78 is 26.2. The van der Waals surface area contributed by atoms with E-state index in [-0.39, 0.29) is 68.8 Å². The van der Waals surface area contributed by atoms with Gasteiger partial charge >= 0.3 is 0 Å². The van der Waals surface area contributed by atoms with E-state index < -0.39 is 77.3 Å². The largest absolute Gasteiger partial charge is 0.497 e. The van der Waals surface area contributed by atoms with Crippen LogP contribution in [0.5, 0.6) is 11.5 Å². The van der Waals surface area contributed by atoms with Crippen LogP contribution >= 0.6 is 0 Å². The van der Waals surface area contributed by atoms with E-state index in [9.17, 15) is 43.5 Å². The summed E-state index contributed by atoms with van der Waals surface area (Å²) in [5.74, 6) is -2.67. The lowest BCUT2D eigenvalue weighted by Crippen LogP contribution is -2.50. The van der Waals surface area contributed by atoms with Gasteiger partial charge in [0.25, 0.3) is 11.8 Å². The first-order valence-electron chi connectivity index (χ1n) is 28.2. The Morgan fingerprint density at radius 1 is 0.639 bits per heavy atom. The van der Waals surface area contributed by atoms with E-state index in [0.29, 0.717) is 61.5 Å². The Bertz CT molecular complexity index is 2800. The summed E-state index contributed by atoms with van der Waals surface area (Å²) >= 11 is 0. The van der Waals surface area contributed by atoms with Crippen molar-refractivity contribution in [2.75, 3.05) is 34.0 Å². The number of benzene rings is 2. The van der Waals surface area contributed by atoms with Crippen LogP contribution in [0, 0.1) is 30.6 Å². The molecule has 8 atom stereocenters. The lowest BCUT2D eigenvalue weighted by molar-refractivity contribution is -0.134. The summed E-state index contributed by atoms with van der Waals surface area (Å²) in [5.41, 5.74) is 0.585. The van der Waals surface area contributed by atoms with E-state index in [1.54, 1.807) is 96.5 Å². The van der Waals surface area contributed by atoms with E-state index in [1.807, 2.05) is 12.1 Å². The fourth-order valence-electron chi connectivity index (χ4n) is 10.6. The molecule has 0 radical (unpaired) electrons. The molecule has 2 saturated heterocycles. The molecule has 83 heavy (non-hydrogen) atoms. The van der Waals surface area contributed by atoms with Crippen molar-refractivity contribution in [2.45, 2.75) is 168 Å². The Morgan fingerprint density at radius 3 is 1.48 bits per heavy atom. The van der Waals surface area contributed by atoms with Crippen molar-refractivity contribution in [1.82, 2.24) is 31.4 Å². The van der Waals surface area contributed by atoms with Gasteiger partial charge in [0.15, 0.2) is 23.1 Å². The van der Waals surface area contributed by atoms with Crippen molar-refractivity contribution in [3.05, 3.63) is 107 Å². The summed E-state index contributed by atoms with van der Waals surface area (Å²) in [4.78, 5) is 110. The molecule has 4 fully saturated rings. The molecular weight excluding hydrogens is 1060 g/mol. The molecule has 8 unspecified atom stereocenters. The Balaban J connectivity index is 0.000000297. The predicted molar refractivity (Wildman–Crippen MR) is 310 cm³/mol. The number of hydrogen-bond acceptors (Lipinski definition) is 16. The highest BCUT2D eigenvalue weighted by Gasteiger charge is 2.52. The number of ether oxygens (including phenoxy) is 4. The van der Waals surface area contributed by atoms with Crippen molar-refractivity contribution >= 4 is 46.8 Å². The fraction of sp³-hybridized carbons (Fsp3) is 0.556. The van der Waals surface area contributed by atoms with E-state index >= 15 is 0 Å². The van der Waals surface area contributed by atoms with E-state index in [4.69, 9.17) is 23.5 Å². The normalized spacial score (nSPS) is 20.1. The van der Waals surface area contributed by atoms with Gasteiger partial charge in [0.05, 0.1) is 57.9 Å². The molecule has 20 heteroatoms. The Hall–Kier alpha value is -7.16. The molecule has 2 aliphatic heterocycles. The molecule has 452 valence electrons. The number of Topliss-reactive ketones (excluding diaryl/α,β-unsaturated/α-hetero) is 4. The average Bonchev–Trinajstić information content (AvgIpc) is 3.88. The molecule has 2 aliphatic carbocycles. The van der Waals surface area contributed by atoms with Crippen LogP contribution in [0.25, 0.3) is 0 Å². The van der Waals surface area contributed by atoms with E-state index in [2.05, 4.69) is 31.4 Å². The highest BCUT2D eigenvalue weighted by Crippen LogP contribution is 2.36. The Labute approximate surface area is 487 Å². The van der Waals surface area contributed by atoms with Gasteiger partial charge in [-0.15, -0.1) is 0 Å². The maximum Gasteiger partial charge on any atom is 0.290 e. The van der Waals surface area contributed by atoms with Crippen LogP contribution in [0.4, 0.5) is 0 Å². The topological polar surface area (TPSA) is 287 Å². The van der Waals surface area contributed by atoms with Crippen LogP contribution in [0.3, 0.4) is 0 Å². The number of carbonyl (C=O) groups excluding carboxylic acids is 8. The molecule has 0 bridgehead atoms. The Kier molecular flexibility index (Phi) is 24.8. The first kappa shape index (κ1) is 66.6. The molecule has 5 N–H and O–H groups in total. The average molecular weight is 1150 g/mol. The number of nitrogens with one attached hydrogen (secondary N) is 4. The van der Waals surface area contributed by atoms with Crippen LogP contribution in [-0.2, 0) is 51.1 Å². The minimum absolute atomic E-state index is 0. The lowest BCUT2D eigenvalue weighted by Gasteiger charge is -2.26. The SMILES string of the molecule is C.C.COc1ccc(CC(CC(=O)C(C)NC(=O)c2ccccn2)C(=O)NC(CC2CCCC2)C(=O)C2(C)CO2)cc1.COc1ccc(CC(CC(=O)C(CO)NC(=O)c2cc(C)no2)C(=O)NC(CC2CCCC2)C(=O)C2(C)CO2)cc1. The van der Waals surface area contributed by atoms with Crippen molar-refractivity contribution in [2.24, 2.45) is 23.7 Å². The minimum Gasteiger partial charge on any atom is -0.497 e. The maximum atomic E-state index is 13.7. The molecule has 4 amide bonds. The molecular formula is C63H86N6O14. The van der Waals surface area contributed by atoms with Gasteiger partial charge in [0, 0.05) is 36.9 Å². The van der Waals surface area contributed by atoms with Crippen molar-refractivity contribution in [3.63, 3.8) is 0 Å². The Morgan fingerprint density at radius 2 is 1.10 bits per heavy atom. The molecule has 2 saturated carbocycles. The molecule has 2 aromatic heterocycles. The van der Waals surface area contributed by atoms with Gasteiger partial charge in [-0.25, -0.2) is 0 Å². The van der Waals surface area contributed by atoms with Gasteiger partial charge < -0.3 is 49.8 Å². The van der Waals surface area contributed by atoms with Crippen molar-refractivity contribution in [1.29, 1.82) is 0 Å². The molecule has 4 heterocycles. The molecule has 2 aromatic carbocycles. The standard InChI is InChI=1S/C31H39N3O6.C30H39N3O8.2CH4/c1-20(33-30(38)25-10-6-7-15-32-25)27(35)18-23(16-22-11-13-24(39-3)14-12-22)29(37)34-26(17-21-8-4-5-9-21)28(36)31(2)19-40-31;1-18-12-26(41-33-18)29(38)32-24(16-34)25(35)15-21(13-20-8-10-22(39-3)11-9-20)28(37)31-23(14-19-6-4-5-7-19)27(36)30(2)17-40-30;;/h6-7,10-15,20-21,23,26H,4-5,8-9,16-19H2,1-3H3,(H,33,38)(H,34,37);8-12,19,21,23-24,34H,4-7,13-17H2,1-3H3,(H,31,37)(H,32,38);2*1H4. The van der Waals surface area contributed by atoms with Gasteiger partial charge in [-0.2, -0.15) is 0 Å². The third-order valence-electron chi connectivity index (χ3n) is 15.9. The quantitative estimate of drug-likeness (QED) is 0.0341. The van der Waals surface area contributed by atoms with Crippen LogP contribution in [0.1, 0.15) is 151 Å². The number of pyridine rings is 1.